The molecule has 0 radical (unpaired) electrons. The Bertz CT molecular complexity index is 929. The lowest BCUT2D eigenvalue weighted by Gasteiger charge is -2.32. The second kappa shape index (κ2) is 6.89. The third-order valence-electron chi connectivity index (χ3n) is 5.37. The zero-order chi connectivity index (χ0) is 18.3. The monoisotopic (exact) mass is 370 g/mol. The number of fused-ring (bicyclic) bond motifs is 1. The van der Waals surface area contributed by atoms with Gasteiger partial charge in [0.2, 0.25) is 0 Å². The van der Waals surface area contributed by atoms with Crippen LogP contribution in [-0.2, 0) is 6.54 Å². The van der Waals surface area contributed by atoms with Gasteiger partial charge in [-0.15, -0.1) is 10.2 Å². The molecule has 5 nitrogen and oxygen atoms in total. The molecule has 2 aromatic heterocycles. The number of phenolic OH excluding ortho intramolecular Hbond substituents is 1. The summed E-state index contributed by atoms with van der Waals surface area (Å²) in [5.41, 5.74) is 3.12. The van der Waals surface area contributed by atoms with Crippen molar-refractivity contribution in [3.8, 4) is 17.0 Å². The van der Waals surface area contributed by atoms with E-state index >= 15 is 0 Å². The van der Waals surface area contributed by atoms with Crippen molar-refractivity contribution in [2.75, 3.05) is 13.6 Å². The summed E-state index contributed by atoms with van der Waals surface area (Å²) in [5.74, 6) is 0.131. The fraction of sp³-hybridized carbons (Fsp3) is 0.400. The first-order valence-corrected chi connectivity index (χ1v) is 9.43. The number of likely N-dealkylation sites (N-methyl/N-ethyl adjacent to an activating group) is 1. The van der Waals surface area contributed by atoms with E-state index in [1.54, 1.807) is 6.07 Å². The van der Waals surface area contributed by atoms with Crippen LogP contribution in [-0.4, -0.2) is 44.4 Å². The molecule has 0 unspecified atom stereocenters. The number of phenols is 1. The molecule has 3 heterocycles. The number of piperidine rings is 1. The lowest BCUT2D eigenvalue weighted by molar-refractivity contribution is 0.168. The minimum atomic E-state index is 0.131. The first-order valence-electron chi connectivity index (χ1n) is 9.05. The van der Waals surface area contributed by atoms with Gasteiger partial charge in [0, 0.05) is 34.8 Å². The van der Waals surface area contributed by atoms with Gasteiger partial charge in [0.15, 0.2) is 5.65 Å². The summed E-state index contributed by atoms with van der Waals surface area (Å²) >= 11 is 6.01. The highest BCUT2D eigenvalue weighted by Crippen LogP contribution is 2.34. The molecule has 0 aliphatic carbocycles. The van der Waals surface area contributed by atoms with Gasteiger partial charge in [0.25, 0.3) is 0 Å². The van der Waals surface area contributed by atoms with Gasteiger partial charge in [-0.3, -0.25) is 0 Å². The number of aromatic nitrogens is 3. The number of likely N-dealkylation sites (tertiary alicyclic amines) is 1. The van der Waals surface area contributed by atoms with E-state index in [0.717, 1.165) is 29.7 Å². The molecule has 1 fully saturated rings. The Balaban J connectivity index is 1.68. The predicted octanol–water partition coefficient (Wildman–Crippen LogP) is 4.25. The van der Waals surface area contributed by atoms with Crippen molar-refractivity contribution in [2.45, 2.75) is 38.8 Å². The number of aryl methyl sites for hydroxylation is 1. The maximum atomic E-state index is 10.3. The number of hydrogen-bond acceptors (Lipinski definition) is 4. The van der Waals surface area contributed by atoms with Gasteiger partial charge >= 0.3 is 0 Å². The lowest BCUT2D eigenvalue weighted by Crippen LogP contribution is -2.39. The zero-order valence-corrected chi connectivity index (χ0v) is 15.9. The van der Waals surface area contributed by atoms with Crippen molar-refractivity contribution in [2.24, 2.45) is 0 Å². The SMILES string of the molecule is Cc1cc(Cl)cc(O)c1-c1cc2ccn(C[C@@H]3CCCCN3C)c2nn1. The van der Waals surface area contributed by atoms with Gasteiger partial charge < -0.3 is 14.6 Å². The van der Waals surface area contributed by atoms with Gasteiger partial charge in [-0.2, -0.15) is 0 Å². The van der Waals surface area contributed by atoms with Crippen molar-refractivity contribution in [1.82, 2.24) is 19.7 Å². The number of benzene rings is 1. The molecule has 6 heteroatoms. The Morgan fingerprint density at radius 2 is 2.08 bits per heavy atom. The van der Waals surface area contributed by atoms with Crippen LogP contribution in [0.4, 0.5) is 0 Å². The minimum absolute atomic E-state index is 0.131. The molecule has 1 N–H and O–H groups in total. The molecular weight excluding hydrogens is 348 g/mol. The second-order valence-corrected chi connectivity index (χ2v) is 7.66. The van der Waals surface area contributed by atoms with Crippen LogP contribution in [0.5, 0.6) is 5.75 Å². The van der Waals surface area contributed by atoms with Crippen LogP contribution >= 0.6 is 11.6 Å². The molecule has 0 spiro atoms. The highest BCUT2D eigenvalue weighted by Gasteiger charge is 2.20. The summed E-state index contributed by atoms with van der Waals surface area (Å²) in [4.78, 5) is 2.44. The summed E-state index contributed by atoms with van der Waals surface area (Å²) in [6.45, 7) is 4.00. The molecular formula is C20H23ClN4O. The minimum Gasteiger partial charge on any atom is -0.507 e. The summed E-state index contributed by atoms with van der Waals surface area (Å²) < 4.78 is 2.19. The van der Waals surface area contributed by atoms with E-state index in [1.807, 2.05) is 19.1 Å². The van der Waals surface area contributed by atoms with Crippen molar-refractivity contribution in [1.29, 1.82) is 0 Å². The number of rotatable bonds is 3. The van der Waals surface area contributed by atoms with E-state index < -0.39 is 0 Å². The average Bonchev–Trinajstić information content (AvgIpc) is 2.98. The summed E-state index contributed by atoms with van der Waals surface area (Å²) in [5, 5.41) is 20.7. The number of halogens is 1. The van der Waals surface area contributed by atoms with Gasteiger partial charge in [-0.1, -0.05) is 18.0 Å². The van der Waals surface area contributed by atoms with E-state index in [4.69, 9.17) is 11.6 Å². The van der Waals surface area contributed by atoms with Crippen molar-refractivity contribution in [3.05, 3.63) is 41.0 Å². The maximum Gasteiger partial charge on any atom is 0.162 e. The van der Waals surface area contributed by atoms with Gasteiger partial charge in [-0.25, -0.2) is 0 Å². The molecule has 1 aliphatic rings. The molecule has 1 aliphatic heterocycles. The average molecular weight is 371 g/mol. The molecule has 4 rings (SSSR count). The Hall–Kier alpha value is -2.11. The smallest absolute Gasteiger partial charge is 0.162 e. The Kier molecular flexibility index (Phi) is 4.59. The predicted molar refractivity (Wildman–Crippen MR) is 105 cm³/mol. The number of nitrogens with zero attached hydrogens (tertiary/aromatic N) is 4. The maximum absolute atomic E-state index is 10.3. The Labute approximate surface area is 158 Å². The Morgan fingerprint density at radius 1 is 1.23 bits per heavy atom. The molecule has 0 saturated carbocycles. The summed E-state index contributed by atoms with van der Waals surface area (Å²) in [7, 11) is 2.20. The molecule has 136 valence electrons. The van der Waals surface area contributed by atoms with Crippen LogP contribution in [0.15, 0.2) is 30.5 Å². The molecule has 1 aromatic carbocycles. The van der Waals surface area contributed by atoms with Crippen LogP contribution in [0.1, 0.15) is 24.8 Å². The highest BCUT2D eigenvalue weighted by atomic mass is 35.5. The first kappa shape index (κ1) is 17.3. The van der Waals surface area contributed by atoms with Gasteiger partial charge in [-0.05, 0) is 63.2 Å². The number of aromatic hydroxyl groups is 1. The van der Waals surface area contributed by atoms with E-state index in [2.05, 4.69) is 39.0 Å². The van der Waals surface area contributed by atoms with E-state index in [-0.39, 0.29) is 5.75 Å². The van der Waals surface area contributed by atoms with Crippen LogP contribution < -0.4 is 0 Å². The van der Waals surface area contributed by atoms with E-state index in [0.29, 0.717) is 22.3 Å². The molecule has 1 atom stereocenters. The highest BCUT2D eigenvalue weighted by molar-refractivity contribution is 6.31. The quantitative estimate of drug-likeness (QED) is 0.748. The lowest BCUT2D eigenvalue weighted by atomic mass is 10.0. The summed E-state index contributed by atoms with van der Waals surface area (Å²) in [6.07, 6.45) is 5.88. The normalized spacial score (nSPS) is 18.5. The largest absolute Gasteiger partial charge is 0.507 e. The third kappa shape index (κ3) is 3.17. The topological polar surface area (TPSA) is 54.2 Å². The van der Waals surface area contributed by atoms with Crippen LogP contribution in [0, 0.1) is 6.92 Å². The number of hydrogen-bond donors (Lipinski definition) is 1. The van der Waals surface area contributed by atoms with Gasteiger partial charge in [0.1, 0.15) is 5.75 Å². The molecule has 26 heavy (non-hydrogen) atoms. The fourth-order valence-corrected chi connectivity index (χ4v) is 4.18. The standard InChI is InChI=1S/C20H23ClN4O/c1-13-9-15(21)11-18(26)19(13)17-10-14-6-8-25(20(14)23-22-17)12-16-5-3-4-7-24(16)2/h6,8-11,16,26H,3-5,7,12H2,1-2H3/t16-/m0/s1. The van der Waals surface area contributed by atoms with Crippen LogP contribution in [0.3, 0.4) is 0 Å². The third-order valence-corrected chi connectivity index (χ3v) is 5.59. The Morgan fingerprint density at radius 3 is 2.85 bits per heavy atom. The molecule has 0 amide bonds. The molecule has 0 bridgehead atoms. The van der Waals surface area contributed by atoms with Crippen molar-refractivity contribution >= 4 is 22.6 Å². The van der Waals surface area contributed by atoms with Crippen molar-refractivity contribution < 1.29 is 5.11 Å². The van der Waals surface area contributed by atoms with E-state index in [1.165, 1.54) is 19.3 Å². The van der Waals surface area contributed by atoms with Gasteiger partial charge in [0.05, 0.1) is 5.69 Å². The van der Waals surface area contributed by atoms with Crippen molar-refractivity contribution in [3.63, 3.8) is 0 Å². The molecule has 1 saturated heterocycles. The second-order valence-electron chi connectivity index (χ2n) is 7.22. The zero-order valence-electron chi connectivity index (χ0n) is 15.1. The summed E-state index contributed by atoms with van der Waals surface area (Å²) in [6, 6.07) is 7.97. The van der Waals surface area contributed by atoms with E-state index in [9.17, 15) is 5.11 Å². The fourth-order valence-electron chi connectivity index (χ4n) is 3.92. The first-order chi connectivity index (χ1) is 12.5. The molecule has 3 aromatic rings. The van der Waals surface area contributed by atoms with Crippen LogP contribution in [0.2, 0.25) is 5.02 Å². The van der Waals surface area contributed by atoms with Crippen LogP contribution in [0.25, 0.3) is 22.3 Å².